The fourth-order valence-corrected chi connectivity index (χ4v) is 3.04. The number of benzene rings is 2. The van der Waals surface area contributed by atoms with Gasteiger partial charge < -0.3 is 5.32 Å². The number of non-ortho nitro benzene ring substituents is 1. The van der Waals surface area contributed by atoms with E-state index in [1.165, 1.54) is 23.5 Å². The van der Waals surface area contributed by atoms with Gasteiger partial charge in [0.05, 0.1) is 10.6 Å². The predicted octanol–water partition coefficient (Wildman–Crippen LogP) is 5.22. The molecule has 0 atom stereocenters. The van der Waals surface area contributed by atoms with E-state index in [0.29, 0.717) is 0 Å². The molecule has 0 aliphatic heterocycles. The molecule has 0 unspecified atom stereocenters. The van der Waals surface area contributed by atoms with Crippen LogP contribution in [0.4, 0.5) is 16.5 Å². The average molecular weight is 376 g/mol. The third-order valence-corrected chi connectivity index (χ3v) is 4.20. The van der Waals surface area contributed by atoms with Crippen LogP contribution in [-0.4, -0.2) is 9.91 Å². The van der Waals surface area contributed by atoms with Gasteiger partial charge in [-0.05, 0) is 24.3 Å². The van der Waals surface area contributed by atoms with Crippen molar-refractivity contribution < 1.29 is 4.92 Å². The first-order chi connectivity index (χ1) is 10.6. The van der Waals surface area contributed by atoms with Crippen molar-refractivity contribution in [3.63, 3.8) is 0 Å². The van der Waals surface area contributed by atoms with Gasteiger partial charge in [-0.3, -0.25) is 10.1 Å². The van der Waals surface area contributed by atoms with E-state index >= 15 is 0 Å². The minimum atomic E-state index is -0.418. The molecule has 110 valence electrons. The van der Waals surface area contributed by atoms with E-state index in [0.717, 1.165) is 26.5 Å². The van der Waals surface area contributed by atoms with Crippen molar-refractivity contribution in [2.24, 2.45) is 0 Å². The first kappa shape index (κ1) is 14.7. The molecule has 2 aromatic carbocycles. The SMILES string of the molecule is O=[N+]([O-])c1ccc(Nc2nc(-c3cccc(Br)c3)cs2)cc1. The van der Waals surface area contributed by atoms with Crippen LogP contribution < -0.4 is 5.32 Å². The topological polar surface area (TPSA) is 68.1 Å². The number of anilines is 2. The highest BCUT2D eigenvalue weighted by Gasteiger charge is 2.07. The molecule has 0 spiro atoms. The highest BCUT2D eigenvalue weighted by atomic mass is 79.9. The number of nitro groups is 1. The zero-order chi connectivity index (χ0) is 15.5. The lowest BCUT2D eigenvalue weighted by atomic mass is 10.2. The van der Waals surface area contributed by atoms with Gasteiger partial charge in [0.2, 0.25) is 0 Å². The van der Waals surface area contributed by atoms with Gasteiger partial charge in [-0.25, -0.2) is 4.98 Å². The molecule has 3 aromatic rings. The highest BCUT2D eigenvalue weighted by molar-refractivity contribution is 9.10. The number of thiazole rings is 1. The summed E-state index contributed by atoms with van der Waals surface area (Å²) in [5.41, 5.74) is 2.75. The van der Waals surface area contributed by atoms with Crippen LogP contribution >= 0.6 is 27.3 Å². The lowest BCUT2D eigenvalue weighted by molar-refractivity contribution is -0.384. The zero-order valence-corrected chi connectivity index (χ0v) is 13.6. The van der Waals surface area contributed by atoms with Crippen molar-refractivity contribution in [2.45, 2.75) is 0 Å². The van der Waals surface area contributed by atoms with E-state index in [-0.39, 0.29) is 5.69 Å². The van der Waals surface area contributed by atoms with Gasteiger partial charge in [-0.2, -0.15) is 0 Å². The summed E-state index contributed by atoms with van der Waals surface area (Å²) in [6.07, 6.45) is 0. The lowest BCUT2D eigenvalue weighted by Crippen LogP contribution is -1.91. The lowest BCUT2D eigenvalue weighted by Gasteiger charge is -2.01. The van der Waals surface area contributed by atoms with Gasteiger partial charge >= 0.3 is 0 Å². The summed E-state index contributed by atoms with van der Waals surface area (Å²) in [7, 11) is 0. The monoisotopic (exact) mass is 375 g/mol. The normalized spacial score (nSPS) is 10.4. The van der Waals surface area contributed by atoms with Crippen LogP contribution in [0, 0.1) is 10.1 Å². The molecular formula is C15H10BrN3O2S. The second-order valence-corrected chi connectivity index (χ2v) is 6.25. The standard InChI is InChI=1S/C15H10BrN3O2S/c16-11-3-1-2-10(8-11)14-9-22-15(18-14)17-12-4-6-13(7-5-12)19(20)21/h1-9H,(H,17,18). The summed E-state index contributed by atoms with van der Waals surface area (Å²) in [4.78, 5) is 14.7. The minimum Gasteiger partial charge on any atom is -0.332 e. The summed E-state index contributed by atoms with van der Waals surface area (Å²) in [5.74, 6) is 0. The summed E-state index contributed by atoms with van der Waals surface area (Å²) in [6, 6.07) is 14.2. The molecule has 0 aliphatic carbocycles. The molecule has 1 aromatic heterocycles. The quantitative estimate of drug-likeness (QED) is 0.500. The van der Waals surface area contributed by atoms with E-state index < -0.39 is 4.92 Å². The smallest absolute Gasteiger partial charge is 0.269 e. The number of hydrogen-bond donors (Lipinski definition) is 1. The molecule has 0 aliphatic rings. The maximum Gasteiger partial charge on any atom is 0.269 e. The van der Waals surface area contributed by atoms with Crippen LogP contribution in [0.5, 0.6) is 0 Å². The number of nitrogens with zero attached hydrogens (tertiary/aromatic N) is 2. The van der Waals surface area contributed by atoms with Gasteiger partial charge in [-0.1, -0.05) is 28.1 Å². The molecule has 22 heavy (non-hydrogen) atoms. The Bertz CT molecular complexity index is 818. The van der Waals surface area contributed by atoms with Crippen LogP contribution in [0.25, 0.3) is 11.3 Å². The fourth-order valence-electron chi connectivity index (χ4n) is 1.90. The van der Waals surface area contributed by atoms with Crippen LogP contribution in [0.2, 0.25) is 0 Å². The molecule has 0 bridgehead atoms. The number of halogens is 1. The molecular weight excluding hydrogens is 366 g/mol. The van der Waals surface area contributed by atoms with Crippen molar-refractivity contribution in [1.29, 1.82) is 0 Å². The minimum absolute atomic E-state index is 0.0690. The van der Waals surface area contributed by atoms with E-state index in [1.807, 2.05) is 29.6 Å². The molecule has 0 fully saturated rings. The van der Waals surface area contributed by atoms with E-state index in [2.05, 4.69) is 26.2 Å². The van der Waals surface area contributed by atoms with E-state index in [4.69, 9.17) is 0 Å². The van der Waals surface area contributed by atoms with Crippen LogP contribution in [0.1, 0.15) is 0 Å². The van der Waals surface area contributed by atoms with Crippen molar-refractivity contribution in [3.8, 4) is 11.3 Å². The first-order valence-corrected chi connectivity index (χ1v) is 8.02. The Morgan fingerprint density at radius 3 is 2.64 bits per heavy atom. The first-order valence-electron chi connectivity index (χ1n) is 6.35. The zero-order valence-electron chi connectivity index (χ0n) is 11.2. The van der Waals surface area contributed by atoms with Gasteiger partial charge in [0, 0.05) is 33.2 Å². The van der Waals surface area contributed by atoms with Crippen LogP contribution in [0.3, 0.4) is 0 Å². The maximum atomic E-state index is 10.6. The van der Waals surface area contributed by atoms with Gasteiger partial charge in [0.1, 0.15) is 0 Å². The Labute approximate surface area is 138 Å². The number of rotatable bonds is 4. The van der Waals surface area contributed by atoms with E-state index in [9.17, 15) is 10.1 Å². The van der Waals surface area contributed by atoms with Crippen molar-refractivity contribution >= 4 is 43.8 Å². The molecule has 1 heterocycles. The Balaban J connectivity index is 1.78. The molecule has 7 heteroatoms. The summed E-state index contributed by atoms with van der Waals surface area (Å²) in [5, 5.41) is 16.5. The Morgan fingerprint density at radius 1 is 1.18 bits per heavy atom. The number of nitrogens with one attached hydrogen (secondary N) is 1. The molecule has 0 radical (unpaired) electrons. The largest absolute Gasteiger partial charge is 0.332 e. The third-order valence-electron chi connectivity index (χ3n) is 2.95. The number of nitro benzene ring substituents is 1. The Kier molecular flexibility index (Phi) is 4.17. The summed E-state index contributed by atoms with van der Waals surface area (Å²) in [6.45, 7) is 0. The molecule has 1 N–H and O–H groups in total. The summed E-state index contributed by atoms with van der Waals surface area (Å²) < 4.78 is 1.00. The molecule has 0 amide bonds. The second kappa shape index (κ2) is 6.25. The number of hydrogen-bond acceptors (Lipinski definition) is 5. The van der Waals surface area contributed by atoms with Crippen LogP contribution in [0.15, 0.2) is 58.4 Å². The average Bonchev–Trinajstić information content (AvgIpc) is 2.96. The van der Waals surface area contributed by atoms with Crippen molar-refractivity contribution in [2.75, 3.05) is 5.32 Å². The van der Waals surface area contributed by atoms with Crippen molar-refractivity contribution in [3.05, 3.63) is 68.5 Å². The van der Waals surface area contributed by atoms with Gasteiger partial charge in [0.15, 0.2) is 5.13 Å². The van der Waals surface area contributed by atoms with E-state index in [1.54, 1.807) is 12.1 Å². The molecule has 3 rings (SSSR count). The maximum absolute atomic E-state index is 10.6. The second-order valence-electron chi connectivity index (χ2n) is 4.48. The predicted molar refractivity (Wildman–Crippen MR) is 91.6 cm³/mol. The van der Waals surface area contributed by atoms with Gasteiger partial charge in [-0.15, -0.1) is 11.3 Å². The Hall–Kier alpha value is -2.25. The molecule has 0 saturated carbocycles. The van der Waals surface area contributed by atoms with Crippen LogP contribution in [-0.2, 0) is 0 Å². The fraction of sp³-hybridized carbons (Fsp3) is 0. The number of aromatic nitrogens is 1. The van der Waals surface area contributed by atoms with Crippen molar-refractivity contribution in [1.82, 2.24) is 4.98 Å². The molecule has 0 saturated heterocycles. The van der Waals surface area contributed by atoms with Gasteiger partial charge in [0.25, 0.3) is 5.69 Å². The Morgan fingerprint density at radius 2 is 1.95 bits per heavy atom. The third kappa shape index (κ3) is 3.32. The molecule has 5 nitrogen and oxygen atoms in total. The highest BCUT2D eigenvalue weighted by Crippen LogP contribution is 2.29. The summed E-state index contributed by atoms with van der Waals surface area (Å²) >= 11 is 4.93.